The summed E-state index contributed by atoms with van der Waals surface area (Å²) in [7, 11) is 1.61. The van der Waals surface area contributed by atoms with Gasteiger partial charge in [0, 0.05) is 16.2 Å². The van der Waals surface area contributed by atoms with Crippen molar-refractivity contribution in [3.05, 3.63) is 45.7 Å². The van der Waals surface area contributed by atoms with Crippen LogP contribution in [0.5, 0.6) is 5.75 Å². The second-order valence-electron chi connectivity index (χ2n) is 6.18. The van der Waals surface area contributed by atoms with E-state index in [0.717, 1.165) is 27.7 Å². The molecule has 0 saturated carbocycles. The van der Waals surface area contributed by atoms with Gasteiger partial charge in [-0.15, -0.1) is 0 Å². The normalized spacial score (nSPS) is 12.1. The number of hydrogen-bond donors (Lipinski definition) is 2. The number of hydrogen-bond acceptors (Lipinski definition) is 7. The highest BCUT2D eigenvalue weighted by atomic mass is 79.9. The number of nitrogens with one attached hydrogen (secondary N) is 2. The molecule has 2 aromatic heterocycles. The molecular formula is C19H18BrN5O3. The topological polar surface area (TPSA) is 102 Å². The SMILES string of the molecule is CCOC(=O)c1[nH]nc2c1CCc1cnc(Nc3cc(Br)ccc3OC)nc1-2. The quantitative estimate of drug-likeness (QED) is 0.579. The number of halogens is 1. The van der Waals surface area contributed by atoms with Gasteiger partial charge in [-0.05, 0) is 43.5 Å². The second-order valence-corrected chi connectivity index (χ2v) is 7.10. The van der Waals surface area contributed by atoms with Crippen molar-refractivity contribution in [1.82, 2.24) is 20.2 Å². The molecule has 1 aliphatic rings. The average molecular weight is 444 g/mol. The monoisotopic (exact) mass is 443 g/mol. The summed E-state index contributed by atoms with van der Waals surface area (Å²) in [5.41, 5.74) is 4.32. The number of carbonyl (C=O) groups is 1. The number of H-pyrrole nitrogens is 1. The minimum atomic E-state index is -0.397. The van der Waals surface area contributed by atoms with Crippen molar-refractivity contribution >= 4 is 33.5 Å². The van der Waals surface area contributed by atoms with Crippen LogP contribution >= 0.6 is 15.9 Å². The van der Waals surface area contributed by atoms with E-state index in [0.29, 0.717) is 41.8 Å². The van der Waals surface area contributed by atoms with Gasteiger partial charge in [-0.3, -0.25) is 5.10 Å². The van der Waals surface area contributed by atoms with Gasteiger partial charge in [0.15, 0.2) is 0 Å². The number of aryl methyl sites for hydroxylation is 1. The highest BCUT2D eigenvalue weighted by molar-refractivity contribution is 9.10. The largest absolute Gasteiger partial charge is 0.495 e. The Balaban J connectivity index is 1.70. The summed E-state index contributed by atoms with van der Waals surface area (Å²) in [4.78, 5) is 21.2. The van der Waals surface area contributed by atoms with Crippen LogP contribution in [0, 0.1) is 0 Å². The molecule has 9 heteroatoms. The van der Waals surface area contributed by atoms with Gasteiger partial charge in [0.05, 0.1) is 25.1 Å². The van der Waals surface area contributed by atoms with Crippen molar-refractivity contribution in [2.24, 2.45) is 0 Å². The average Bonchev–Trinajstić information content (AvgIpc) is 3.13. The fourth-order valence-corrected chi connectivity index (χ4v) is 3.55. The van der Waals surface area contributed by atoms with E-state index in [2.05, 4.69) is 41.4 Å². The number of methoxy groups -OCH3 is 1. The number of ether oxygens (including phenoxy) is 2. The summed E-state index contributed by atoms with van der Waals surface area (Å²) in [5.74, 6) is 0.698. The van der Waals surface area contributed by atoms with Gasteiger partial charge in [0.2, 0.25) is 5.95 Å². The number of aromatic nitrogens is 4. The summed E-state index contributed by atoms with van der Waals surface area (Å²) in [5, 5.41) is 10.3. The van der Waals surface area contributed by atoms with Crippen LogP contribution in [0.2, 0.25) is 0 Å². The number of benzene rings is 1. The second kappa shape index (κ2) is 7.59. The van der Waals surface area contributed by atoms with Crippen LogP contribution < -0.4 is 10.1 Å². The van der Waals surface area contributed by atoms with Crippen LogP contribution in [0.25, 0.3) is 11.4 Å². The molecule has 0 aliphatic heterocycles. The highest BCUT2D eigenvalue weighted by Gasteiger charge is 2.27. The number of nitrogens with zero attached hydrogens (tertiary/aromatic N) is 3. The molecule has 0 saturated heterocycles. The van der Waals surface area contributed by atoms with Crippen molar-refractivity contribution in [3.8, 4) is 17.1 Å². The molecule has 28 heavy (non-hydrogen) atoms. The van der Waals surface area contributed by atoms with Crippen LogP contribution in [0.15, 0.2) is 28.9 Å². The van der Waals surface area contributed by atoms with E-state index in [-0.39, 0.29) is 0 Å². The predicted octanol–water partition coefficient (Wildman–Crippen LogP) is 3.66. The third kappa shape index (κ3) is 3.33. The molecule has 3 aromatic rings. The predicted molar refractivity (Wildman–Crippen MR) is 107 cm³/mol. The number of carbonyl (C=O) groups excluding carboxylic acids is 1. The lowest BCUT2D eigenvalue weighted by Gasteiger charge is -2.16. The fourth-order valence-electron chi connectivity index (χ4n) is 3.19. The van der Waals surface area contributed by atoms with Gasteiger partial charge in [-0.1, -0.05) is 15.9 Å². The molecule has 0 fully saturated rings. The van der Waals surface area contributed by atoms with Crippen molar-refractivity contribution in [2.45, 2.75) is 19.8 Å². The minimum absolute atomic E-state index is 0.313. The Bertz CT molecular complexity index is 1050. The number of anilines is 2. The maximum Gasteiger partial charge on any atom is 0.356 e. The van der Waals surface area contributed by atoms with Gasteiger partial charge in [-0.25, -0.2) is 14.8 Å². The first-order valence-corrected chi connectivity index (χ1v) is 9.61. The number of fused-ring (bicyclic) bond motifs is 3. The van der Waals surface area contributed by atoms with Crippen molar-refractivity contribution < 1.29 is 14.3 Å². The molecule has 144 valence electrons. The molecule has 0 unspecified atom stereocenters. The third-order valence-electron chi connectivity index (χ3n) is 4.49. The van der Waals surface area contributed by atoms with E-state index >= 15 is 0 Å². The van der Waals surface area contributed by atoms with Crippen LogP contribution in [0.4, 0.5) is 11.6 Å². The van der Waals surface area contributed by atoms with Gasteiger partial charge >= 0.3 is 5.97 Å². The van der Waals surface area contributed by atoms with Crippen molar-refractivity contribution in [2.75, 3.05) is 19.0 Å². The molecule has 0 bridgehead atoms. The molecule has 8 nitrogen and oxygen atoms in total. The van der Waals surface area contributed by atoms with Gasteiger partial charge in [0.25, 0.3) is 0 Å². The van der Waals surface area contributed by atoms with Gasteiger partial charge in [-0.2, -0.15) is 5.10 Å². The van der Waals surface area contributed by atoms with Crippen LogP contribution in [0.1, 0.15) is 28.5 Å². The molecule has 0 radical (unpaired) electrons. The van der Waals surface area contributed by atoms with Crippen LogP contribution in [0.3, 0.4) is 0 Å². The molecule has 1 aliphatic carbocycles. The maximum atomic E-state index is 12.1. The molecular weight excluding hydrogens is 426 g/mol. The molecule has 0 spiro atoms. The zero-order valence-corrected chi connectivity index (χ0v) is 17.0. The van der Waals surface area contributed by atoms with Gasteiger partial charge in [0.1, 0.15) is 17.1 Å². The zero-order chi connectivity index (χ0) is 19.7. The number of rotatable bonds is 5. The summed E-state index contributed by atoms with van der Waals surface area (Å²) in [6.45, 7) is 2.09. The lowest BCUT2D eigenvalue weighted by atomic mass is 9.93. The van der Waals surface area contributed by atoms with E-state index in [4.69, 9.17) is 9.47 Å². The summed E-state index contributed by atoms with van der Waals surface area (Å²) in [6.07, 6.45) is 3.20. The van der Waals surface area contributed by atoms with Gasteiger partial charge < -0.3 is 14.8 Å². The maximum absolute atomic E-state index is 12.1. The first-order valence-electron chi connectivity index (χ1n) is 8.82. The van der Waals surface area contributed by atoms with Crippen LogP contribution in [-0.4, -0.2) is 39.9 Å². The molecule has 0 amide bonds. The molecule has 2 heterocycles. The van der Waals surface area contributed by atoms with E-state index in [1.165, 1.54) is 0 Å². The Morgan fingerprint density at radius 1 is 1.32 bits per heavy atom. The first-order chi connectivity index (χ1) is 13.6. The minimum Gasteiger partial charge on any atom is -0.495 e. The smallest absolute Gasteiger partial charge is 0.356 e. The Kier molecular flexibility index (Phi) is 4.99. The standard InChI is InChI=1S/C19H18BrN5O3/c1-3-28-18(26)17-12-6-4-10-9-21-19(23-15(10)16(12)24-25-17)22-13-8-11(20)5-7-14(13)27-2/h5,7-9H,3-4,6H2,1-2H3,(H,24,25)(H,21,22,23). The van der Waals surface area contributed by atoms with E-state index < -0.39 is 5.97 Å². The number of aromatic amines is 1. The Morgan fingerprint density at radius 2 is 2.18 bits per heavy atom. The molecule has 2 N–H and O–H groups in total. The lowest BCUT2D eigenvalue weighted by molar-refractivity contribution is 0.0518. The van der Waals surface area contributed by atoms with Crippen molar-refractivity contribution in [3.63, 3.8) is 0 Å². The summed E-state index contributed by atoms with van der Waals surface area (Å²) in [6, 6.07) is 5.63. The number of esters is 1. The summed E-state index contributed by atoms with van der Waals surface area (Å²) >= 11 is 3.46. The van der Waals surface area contributed by atoms with E-state index in [1.54, 1.807) is 20.2 Å². The Hall–Kier alpha value is -2.94. The fraction of sp³-hybridized carbons (Fsp3) is 0.263. The third-order valence-corrected chi connectivity index (χ3v) is 4.98. The molecule has 1 aromatic carbocycles. The Morgan fingerprint density at radius 3 is 2.96 bits per heavy atom. The highest BCUT2D eigenvalue weighted by Crippen LogP contribution is 2.34. The Labute approximate surface area is 169 Å². The lowest BCUT2D eigenvalue weighted by Crippen LogP contribution is -2.12. The van der Waals surface area contributed by atoms with E-state index in [1.807, 2.05) is 18.2 Å². The zero-order valence-electron chi connectivity index (χ0n) is 15.4. The van der Waals surface area contributed by atoms with Crippen molar-refractivity contribution in [1.29, 1.82) is 0 Å². The summed E-state index contributed by atoms with van der Waals surface area (Å²) < 4.78 is 11.4. The molecule has 4 rings (SSSR count). The van der Waals surface area contributed by atoms with Crippen LogP contribution in [-0.2, 0) is 17.6 Å². The first kappa shape index (κ1) is 18.4. The molecule has 0 atom stereocenters. The van der Waals surface area contributed by atoms with E-state index in [9.17, 15) is 4.79 Å².